The average Bonchev–Trinajstić information content (AvgIpc) is 2.70. The monoisotopic (exact) mass is 454 g/mol. The molecule has 0 aliphatic carbocycles. The quantitative estimate of drug-likeness (QED) is 0.679. The van der Waals surface area contributed by atoms with E-state index in [9.17, 15) is 18.0 Å². The minimum Gasteiger partial charge on any atom is -0.325 e. The Bertz CT molecular complexity index is 1040. The van der Waals surface area contributed by atoms with Crippen LogP contribution in [0.25, 0.3) is 0 Å². The van der Waals surface area contributed by atoms with E-state index in [4.69, 9.17) is 23.2 Å². The molecule has 0 bridgehead atoms. The van der Waals surface area contributed by atoms with E-state index in [1.165, 1.54) is 41.6 Å². The molecule has 1 N–H and O–H groups in total. The maximum atomic E-state index is 13.2. The maximum absolute atomic E-state index is 13.2. The summed E-state index contributed by atoms with van der Waals surface area (Å²) in [4.78, 5) is 24.3. The second-order valence-corrected chi connectivity index (χ2v) is 9.53. The molecule has 1 amide bonds. The van der Waals surface area contributed by atoms with Crippen molar-refractivity contribution in [2.75, 3.05) is 11.9 Å². The summed E-state index contributed by atoms with van der Waals surface area (Å²) in [5.41, 5.74) is 0.870. The number of sulfonamides is 1. The lowest BCUT2D eigenvalue weighted by Gasteiger charge is -2.33. The van der Waals surface area contributed by atoms with E-state index in [0.717, 1.165) is 6.42 Å². The Morgan fingerprint density at radius 1 is 1.03 bits per heavy atom. The van der Waals surface area contributed by atoms with Crippen molar-refractivity contribution in [1.82, 2.24) is 4.31 Å². The summed E-state index contributed by atoms with van der Waals surface area (Å²) in [6.07, 6.45) is 1.83. The first kappa shape index (κ1) is 21.8. The van der Waals surface area contributed by atoms with E-state index in [-0.39, 0.29) is 17.2 Å². The van der Waals surface area contributed by atoms with Crippen LogP contribution in [0.2, 0.25) is 10.0 Å². The second-order valence-electron chi connectivity index (χ2n) is 6.83. The van der Waals surface area contributed by atoms with Crippen molar-refractivity contribution in [3.8, 4) is 0 Å². The first-order chi connectivity index (χ1) is 13.7. The number of amides is 1. The molecule has 1 aliphatic rings. The number of nitrogens with zero attached hydrogens (tertiary/aromatic N) is 1. The SMILES string of the molecule is CC(=O)c1ccc(S(=O)(=O)N2CCCC[C@@H]2C(=O)Nc2ccc(Cl)c(Cl)c2)cc1. The maximum Gasteiger partial charge on any atom is 0.243 e. The zero-order valence-electron chi connectivity index (χ0n) is 15.7. The van der Waals surface area contributed by atoms with Crippen molar-refractivity contribution in [2.45, 2.75) is 37.1 Å². The summed E-state index contributed by atoms with van der Waals surface area (Å²) in [5.74, 6) is -0.571. The molecule has 0 spiro atoms. The minimum atomic E-state index is -3.89. The lowest BCUT2D eigenvalue weighted by molar-refractivity contribution is -0.120. The molecule has 1 heterocycles. The zero-order valence-corrected chi connectivity index (χ0v) is 18.0. The lowest BCUT2D eigenvalue weighted by Crippen LogP contribution is -2.49. The van der Waals surface area contributed by atoms with Gasteiger partial charge in [-0.3, -0.25) is 9.59 Å². The number of carbonyl (C=O) groups excluding carboxylic acids is 2. The van der Waals surface area contributed by atoms with E-state index in [2.05, 4.69) is 5.32 Å². The largest absolute Gasteiger partial charge is 0.325 e. The van der Waals surface area contributed by atoms with Gasteiger partial charge in [0.2, 0.25) is 15.9 Å². The zero-order chi connectivity index (χ0) is 21.2. The summed E-state index contributed by atoms with van der Waals surface area (Å²) in [6.45, 7) is 1.66. The van der Waals surface area contributed by atoms with Crippen LogP contribution >= 0.6 is 23.2 Å². The van der Waals surface area contributed by atoms with Crippen LogP contribution in [0, 0.1) is 0 Å². The Morgan fingerprint density at radius 2 is 1.72 bits per heavy atom. The number of nitrogens with one attached hydrogen (secondary N) is 1. The predicted molar refractivity (Wildman–Crippen MR) is 113 cm³/mol. The molecule has 9 heteroatoms. The molecule has 2 aromatic carbocycles. The van der Waals surface area contributed by atoms with Crippen molar-refractivity contribution >= 4 is 50.6 Å². The number of halogens is 2. The Morgan fingerprint density at radius 3 is 2.34 bits per heavy atom. The summed E-state index contributed by atoms with van der Waals surface area (Å²) >= 11 is 11.9. The molecular weight excluding hydrogens is 435 g/mol. The van der Waals surface area contributed by atoms with Crippen LogP contribution in [-0.4, -0.2) is 37.0 Å². The van der Waals surface area contributed by atoms with Gasteiger partial charge in [0.25, 0.3) is 0 Å². The molecule has 0 radical (unpaired) electrons. The van der Waals surface area contributed by atoms with Crippen molar-refractivity contribution < 1.29 is 18.0 Å². The number of benzene rings is 2. The number of piperidine rings is 1. The lowest BCUT2D eigenvalue weighted by atomic mass is 10.0. The van der Waals surface area contributed by atoms with Crippen molar-refractivity contribution in [1.29, 1.82) is 0 Å². The van der Waals surface area contributed by atoms with Crippen LogP contribution in [0.1, 0.15) is 36.5 Å². The van der Waals surface area contributed by atoms with E-state index >= 15 is 0 Å². The molecule has 6 nitrogen and oxygen atoms in total. The highest BCUT2D eigenvalue weighted by Gasteiger charge is 2.37. The van der Waals surface area contributed by atoms with E-state index in [1.54, 1.807) is 12.1 Å². The molecular formula is C20H20Cl2N2O4S. The Kier molecular flexibility index (Phi) is 6.63. The molecule has 2 aromatic rings. The molecule has 1 saturated heterocycles. The van der Waals surface area contributed by atoms with Crippen LogP contribution in [0.4, 0.5) is 5.69 Å². The smallest absolute Gasteiger partial charge is 0.243 e. The predicted octanol–water partition coefficient (Wildman–Crippen LogP) is 4.38. The van der Waals surface area contributed by atoms with Crippen LogP contribution in [0.15, 0.2) is 47.4 Å². The number of rotatable bonds is 5. The number of hydrogen-bond acceptors (Lipinski definition) is 4. The third-order valence-corrected chi connectivity index (χ3v) is 7.47. The number of ketones is 1. The van der Waals surface area contributed by atoms with Crippen LogP contribution in [0.3, 0.4) is 0 Å². The Hall–Kier alpha value is -1.93. The summed E-state index contributed by atoms with van der Waals surface area (Å²) < 4.78 is 27.5. The van der Waals surface area contributed by atoms with E-state index in [1.807, 2.05) is 0 Å². The fourth-order valence-corrected chi connectivity index (χ4v) is 5.21. The molecule has 1 fully saturated rings. The Labute approximate surface area is 179 Å². The van der Waals surface area contributed by atoms with Gasteiger partial charge < -0.3 is 5.32 Å². The topological polar surface area (TPSA) is 83.6 Å². The second kappa shape index (κ2) is 8.83. The number of carbonyl (C=O) groups is 2. The van der Waals surface area contributed by atoms with Gasteiger partial charge in [-0.05, 0) is 50.1 Å². The van der Waals surface area contributed by atoms with Crippen LogP contribution < -0.4 is 5.32 Å². The highest BCUT2D eigenvalue weighted by molar-refractivity contribution is 7.89. The van der Waals surface area contributed by atoms with Crippen LogP contribution in [0.5, 0.6) is 0 Å². The number of Topliss-reactive ketones (excluding diaryl/α,β-unsaturated/α-hetero) is 1. The van der Waals surface area contributed by atoms with E-state index in [0.29, 0.717) is 34.1 Å². The summed E-state index contributed by atoms with van der Waals surface area (Å²) in [6, 6.07) is 9.59. The van der Waals surface area contributed by atoms with Crippen LogP contribution in [-0.2, 0) is 14.8 Å². The van der Waals surface area contributed by atoms with Gasteiger partial charge in [0.15, 0.2) is 5.78 Å². The molecule has 1 aliphatic heterocycles. The fraction of sp³-hybridized carbons (Fsp3) is 0.300. The molecule has 0 aromatic heterocycles. The first-order valence-corrected chi connectivity index (χ1v) is 11.3. The normalized spacial score (nSPS) is 17.7. The minimum absolute atomic E-state index is 0.0525. The van der Waals surface area contributed by atoms with Crippen molar-refractivity contribution in [3.05, 3.63) is 58.1 Å². The van der Waals surface area contributed by atoms with Gasteiger partial charge in [-0.2, -0.15) is 4.31 Å². The third-order valence-electron chi connectivity index (χ3n) is 4.81. The van der Waals surface area contributed by atoms with Gasteiger partial charge in [0.1, 0.15) is 6.04 Å². The molecule has 0 unspecified atom stereocenters. The highest BCUT2D eigenvalue weighted by atomic mass is 35.5. The van der Waals surface area contributed by atoms with Crippen molar-refractivity contribution in [3.63, 3.8) is 0 Å². The van der Waals surface area contributed by atoms with Gasteiger partial charge in [0, 0.05) is 17.8 Å². The van der Waals surface area contributed by atoms with Gasteiger partial charge in [-0.25, -0.2) is 8.42 Å². The molecule has 0 saturated carbocycles. The van der Waals surface area contributed by atoms with Gasteiger partial charge in [0.05, 0.1) is 14.9 Å². The van der Waals surface area contributed by atoms with Gasteiger partial charge in [-0.1, -0.05) is 41.8 Å². The summed E-state index contributed by atoms with van der Waals surface area (Å²) in [7, 11) is -3.89. The highest BCUT2D eigenvalue weighted by Crippen LogP contribution is 2.28. The average molecular weight is 455 g/mol. The van der Waals surface area contributed by atoms with Gasteiger partial charge >= 0.3 is 0 Å². The summed E-state index contributed by atoms with van der Waals surface area (Å²) in [5, 5.41) is 3.38. The van der Waals surface area contributed by atoms with E-state index < -0.39 is 22.0 Å². The Balaban J connectivity index is 1.85. The first-order valence-electron chi connectivity index (χ1n) is 9.09. The molecule has 154 valence electrons. The van der Waals surface area contributed by atoms with Crippen molar-refractivity contribution in [2.24, 2.45) is 0 Å². The third kappa shape index (κ3) is 4.80. The fourth-order valence-electron chi connectivity index (χ4n) is 3.25. The number of anilines is 1. The molecule has 3 rings (SSSR count). The molecule has 29 heavy (non-hydrogen) atoms. The van der Waals surface area contributed by atoms with Gasteiger partial charge in [-0.15, -0.1) is 0 Å². The molecule has 1 atom stereocenters. The number of hydrogen-bond donors (Lipinski definition) is 1. The standard InChI is InChI=1S/C20H20Cl2N2O4S/c1-13(25)14-5-8-16(9-6-14)29(27,28)24-11-3-2-4-19(24)20(26)23-15-7-10-17(21)18(22)12-15/h5-10,12,19H,2-4,11H2,1H3,(H,23,26)/t19-/m1/s1.